The molecule has 4 aliphatic rings. The highest BCUT2D eigenvalue weighted by atomic mass is 79.9. The summed E-state index contributed by atoms with van der Waals surface area (Å²) < 4.78 is 7.41. The number of hydrogen-bond donors (Lipinski definition) is 0. The quantitative estimate of drug-likeness (QED) is 0.351. The molecule has 176 valence electrons. The van der Waals surface area contributed by atoms with Gasteiger partial charge < -0.3 is 26.2 Å². The van der Waals surface area contributed by atoms with E-state index in [1.54, 1.807) is 0 Å². The maximum absolute atomic E-state index is 13.5. The normalized spacial score (nSPS) is 25.2. The fourth-order valence-corrected chi connectivity index (χ4v) is 6.20. The molecule has 0 unspecified atom stereocenters. The highest BCUT2D eigenvalue weighted by Gasteiger charge is 2.47. The maximum atomic E-state index is 13.5. The summed E-state index contributed by atoms with van der Waals surface area (Å²) in [6.45, 7) is 9.00. The molecule has 0 radical (unpaired) electrons. The van der Waals surface area contributed by atoms with Crippen LogP contribution < -0.4 is 17.0 Å². The van der Waals surface area contributed by atoms with Crippen LogP contribution in [0.3, 0.4) is 0 Å². The first-order chi connectivity index (χ1) is 15.5. The summed E-state index contributed by atoms with van der Waals surface area (Å²) in [6, 6.07) is 14.9. The molecule has 3 saturated heterocycles. The number of carbonyl (C=O) groups is 1. The molecule has 33 heavy (non-hydrogen) atoms. The van der Waals surface area contributed by atoms with E-state index in [0.717, 1.165) is 42.3 Å². The van der Waals surface area contributed by atoms with E-state index in [2.05, 4.69) is 50.3 Å². The van der Waals surface area contributed by atoms with Gasteiger partial charge in [0.15, 0.2) is 6.10 Å². The van der Waals surface area contributed by atoms with Crippen LogP contribution in [0.5, 0.6) is 0 Å². The van der Waals surface area contributed by atoms with Crippen molar-refractivity contribution in [3.05, 3.63) is 81.9 Å². The van der Waals surface area contributed by atoms with Gasteiger partial charge in [0.1, 0.15) is 6.54 Å². The topological polar surface area (TPSA) is 26.3 Å². The summed E-state index contributed by atoms with van der Waals surface area (Å²) in [5.41, 5.74) is 7.41. The number of carbonyl (C=O) groups excluding carboxylic acids is 1. The van der Waals surface area contributed by atoms with E-state index in [0.29, 0.717) is 5.92 Å². The Morgan fingerprint density at radius 1 is 1.00 bits per heavy atom. The molecule has 1 aliphatic carbocycles. The van der Waals surface area contributed by atoms with Gasteiger partial charge in [0.25, 0.3) is 0 Å². The van der Waals surface area contributed by atoms with Gasteiger partial charge in [-0.3, -0.25) is 0 Å². The summed E-state index contributed by atoms with van der Waals surface area (Å²) in [4.78, 5) is 13.5. The highest BCUT2D eigenvalue weighted by Crippen LogP contribution is 2.37. The van der Waals surface area contributed by atoms with Crippen molar-refractivity contribution in [1.29, 1.82) is 0 Å². The number of halogens is 1. The third-order valence-corrected chi connectivity index (χ3v) is 8.10. The van der Waals surface area contributed by atoms with Gasteiger partial charge in [-0.25, -0.2) is 4.79 Å². The molecule has 2 aromatic carbocycles. The maximum Gasteiger partial charge on any atom is 0.338 e. The largest absolute Gasteiger partial charge is 1.00 e. The van der Waals surface area contributed by atoms with Gasteiger partial charge in [-0.05, 0) is 61.4 Å². The zero-order valence-corrected chi connectivity index (χ0v) is 21.6. The van der Waals surface area contributed by atoms with Crippen molar-refractivity contribution in [2.75, 3.05) is 26.2 Å². The number of esters is 1. The molecule has 3 heterocycles. The summed E-state index contributed by atoms with van der Waals surface area (Å²) in [7, 11) is 0. The molecule has 4 heteroatoms. The van der Waals surface area contributed by atoms with Crippen LogP contribution in [0.4, 0.5) is 0 Å². The fraction of sp³-hybridized carbons (Fsp3) is 0.483. The molecular weight excluding hydrogens is 474 g/mol. The minimum Gasteiger partial charge on any atom is -1.00 e. The zero-order valence-electron chi connectivity index (χ0n) is 20.0. The Labute approximate surface area is 209 Å². The smallest absolute Gasteiger partial charge is 0.338 e. The monoisotopic (exact) mass is 509 g/mol. The lowest BCUT2D eigenvalue weighted by Crippen LogP contribution is -3.00. The molecule has 0 aromatic heterocycles. The molecule has 2 bridgehead atoms. The molecule has 3 aliphatic heterocycles. The molecule has 1 atom stereocenters. The van der Waals surface area contributed by atoms with Crippen LogP contribution >= 0.6 is 0 Å². The number of aryl methyl sites for hydroxylation is 2. The van der Waals surface area contributed by atoms with Crippen LogP contribution in [-0.2, 0) is 24.0 Å². The first-order valence-electron chi connectivity index (χ1n) is 12.4. The average Bonchev–Trinajstić information content (AvgIpc) is 2.98. The van der Waals surface area contributed by atoms with Gasteiger partial charge in [-0.2, -0.15) is 0 Å². The van der Waals surface area contributed by atoms with E-state index in [-0.39, 0.29) is 29.1 Å². The second-order valence-corrected chi connectivity index (χ2v) is 10.4. The van der Waals surface area contributed by atoms with Crippen LogP contribution in [0.2, 0.25) is 0 Å². The van der Waals surface area contributed by atoms with Crippen LogP contribution in [0.1, 0.15) is 65.7 Å². The third kappa shape index (κ3) is 5.12. The molecular formula is C29H36BrNO2. The lowest BCUT2D eigenvalue weighted by Gasteiger charge is -2.52. The number of nitrogens with zero attached hydrogens (tertiary/aromatic N) is 1. The summed E-state index contributed by atoms with van der Waals surface area (Å²) in [6.07, 6.45) is 8.77. The standard InChI is InChI=1S/C29H36NO2.BrH/c1-21(2)7-6-16-30-17-14-24(15-18-30)28(20-30)32-29(31)26-11-5-10-23-13-12-22-8-3-4-9-25(22)19-27(23)26;/h3-5,7-11,24,28H,6,12-20H2,1-2H3;1H/q+1;/p-1/t24?,28-,30?;/m0./s1. The van der Waals surface area contributed by atoms with Crippen molar-refractivity contribution in [1.82, 2.24) is 0 Å². The number of rotatable bonds is 5. The van der Waals surface area contributed by atoms with Crippen molar-refractivity contribution in [3.63, 3.8) is 0 Å². The molecule has 0 spiro atoms. The van der Waals surface area contributed by atoms with E-state index in [9.17, 15) is 4.79 Å². The number of benzene rings is 2. The second kappa shape index (κ2) is 10.1. The van der Waals surface area contributed by atoms with Crippen LogP contribution in [-0.4, -0.2) is 42.7 Å². The van der Waals surface area contributed by atoms with E-state index in [1.807, 2.05) is 12.1 Å². The first-order valence-corrected chi connectivity index (χ1v) is 12.4. The second-order valence-electron chi connectivity index (χ2n) is 10.4. The molecule has 6 rings (SSSR count). The lowest BCUT2D eigenvalue weighted by atomic mass is 9.83. The summed E-state index contributed by atoms with van der Waals surface area (Å²) >= 11 is 0. The van der Waals surface area contributed by atoms with E-state index in [1.165, 1.54) is 60.3 Å². The van der Waals surface area contributed by atoms with Gasteiger partial charge in [0.05, 0.1) is 25.2 Å². The number of quaternary nitrogens is 1. The SMILES string of the molecule is CC(C)=CCC[N+]12CCC(CC1)[C@@H](OC(=O)c1cccc3c1Cc1ccccc1CC3)C2.[Br-]. The third-order valence-electron chi connectivity index (χ3n) is 8.10. The van der Waals surface area contributed by atoms with Crippen molar-refractivity contribution in [2.45, 2.75) is 58.5 Å². The minimum atomic E-state index is -0.109. The van der Waals surface area contributed by atoms with Gasteiger partial charge >= 0.3 is 5.97 Å². The molecule has 3 fully saturated rings. The van der Waals surface area contributed by atoms with Gasteiger partial charge in [0, 0.05) is 25.2 Å². The van der Waals surface area contributed by atoms with Crippen LogP contribution in [0.15, 0.2) is 54.1 Å². The Morgan fingerprint density at radius 3 is 2.45 bits per heavy atom. The zero-order chi connectivity index (χ0) is 22.1. The highest BCUT2D eigenvalue weighted by molar-refractivity contribution is 5.92. The van der Waals surface area contributed by atoms with Crippen LogP contribution in [0, 0.1) is 5.92 Å². The lowest BCUT2D eigenvalue weighted by molar-refractivity contribution is -0.945. The van der Waals surface area contributed by atoms with Crippen molar-refractivity contribution < 1.29 is 31.0 Å². The molecule has 0 N–H and O–H groups in total. The predicted octanol–water partition coefficient (Wildman–Crippen LogP) is 2.50. The number of ether oxygens (including phenoxy) is 1. The Bertz CT molecular complexity index is 1030. The van der Waals surface area contributed by atoms with Crippen molar-refractivity contribution >= 4 is 5.97 Å². The predicted molar refractivity (Wildman–Crippen MR) is 129 cm³/mol. The molecule has 0 saturated carbocycles. The Kier molecular flexibility index (Phi) is 7.45. The average molecular weight is 511 g/mol. The minimum absolute atomic E-state index is 0. The number of piperidine rings is 3. The number of hydrogen-bond acceptors (Lipinski definition) is 2. The molecule has 2 aromatic rings. The van der Waals surface area contributed by atoms with E-state index >= 15 is 0 Å². The molecule has 3 nitrogen and oxygen atoms in total. The van der Waals surface area contributed by atoms with E-state index in [4.69, 9.17) is 4.74 Å². The summed E-state index contributed by atoms with van der Waals surface area (Å²) in [5, 5.41) is 0. The summed E-state index contributed by atoms with van der Waals surface area (Å²) in [5.74, 6) is 0.424. The molecule has 0 amide bonds. The van der Waals surface area contributed by atoms with Crippen LogP contribution in [0.25, 0.3) is 0 Å². The Balaban J connectivity index is 0.00000259. The fourth-order valence-electron chi connectivity index (χ4n) is 6.20. The number of allylic oxidation sites excluding steroid dienone is 1. The van der Waals surface area contributed by atoms with Gasteiger partial charge in [-0.1, -0.05) is 48.0 Å². The Morgan fingerprint density at radius 2 is 1.70 bits per heavy atom. The van der Waals surface area contributed by atoms with E-state index < -0.39 is 0 Å². The van der Waals surface area contributed by atoms with Crippen molar-refractivity contribution in [3.8, 4) is 0 Å². The first kappa shape index (κ1) is 24.2. The van der Waals surface area contributed by atoms with Gasteiger partial charge in [-0.15, -0.1) is 0 Å². The van der Waals surface area contributed by atoms with Gasteiger partial charge in [0.2, 0.25) is 0 Å². The Hall–Kier alpha value is -1.91. The van der Waals surface area contributed by atoms with Crippen molar-refractivity contribution in [2.24, 2.45) is 5.92 Å². The number of fused-ring (bicyclic) bond motifs is 5.